The van der Waals surface area contributed by atoms with Gasteiger partial charge in [0, 0.05) is 67.2 Å². The summed E-state index contributed by atoms with van der Waals surface area (Å²) in [6.07, 6.45) is 19.9. The second-order valence-electron chi connectivity index (χ2n) is 43.0. The lowest BCUT2D eigenvalue weighted by Crippen LogP contribution is -2.54. The zero-order valence-corrected chi connectivity index (χ0v) is 79.1. The molecule has 4 nitrogen and oxygen atoms in total. The Morgan fingerprint density at radius 1 is 0.212 bits per heavy atom. The first-order chi connectivity index (χ1) is 64.1. The lowest BCUT2D eigenvalue weighted by Gasteiger charge is -2.50. The molecule has 8 atom stereocenters. The molecule has 4 aliphatic heterocycles. The molecular formula is C128H120N4. The molecule has 0 spiro atoms. The molecule has 18 aromatic carbocycles. The number of fused-ring (bicyclic) bond motifs is 12. The molecule has 4 heterocycles. The summed E-state index contributed by atoms with van der Waals surface area (Å²) in [6, 6.07) is 121. The third-order valence-corrected chi connectivity index (χ3v) is 36.8. The Bertz CT molecular complexity index is 7270. The van der Waals surface area contributed by atoms with Gasteiger partial charge >= 0.3 is 0 Å². The predicted molar refractivity (Wildman–Crippen MR) is 563 cm³/mol. The van der Waals surface area contributed by atoms with E-state index in [9.17, 15) is 0 Å². The molecule has 8 aliphatic rings. The fourth-order valence-corrected chi connectivity index (χ4v) is 29.3. The van der Waals surface area contributed by atoms with Crippen LogP contribution in [0, 0.1) is 27.7 Å². The van der Waals surface area contributed by atoms with E-state index in [1.165, 1.54) is 313 Å². The maximum absolute atomic E-state index is 2.75. The van der Waals surface area contributed by atoms with Gasteiger partial charge < -0.3 is 19.6 Å². The fourth-order valence-electron chi connectivity index (χ4n) is 29.3. The van der Waals surface area contributed by atoms with E-state index < -0.39 is 0 Å². The molecule has 0 N–H and O–H groups in total. The van der Waals surface area contributed by atoms with Crippen LogP contribution in [0.3, 0.4) is 0 Å². The summed E-state index contributed by atoms with van der Waals surface area (Å²) in [4.78, 5) is 10.8. The van der Waals surface area contributed by atoms with Crippen LogP contribution in [0.25, 0.3) is 131 Å². The monoisotopic (exact) mass is 1710 g/mol. The molecule has 18 aromatic rings. The van der Waals surface area contributed by atoms with Crippen LogP contribution in [0.15, 0.2) is 315 Å². The van der Waals surface area contributed by atoms with Crippen LogP contribution in [0.5, 0.6) is 0 Å². The number of benzene rings is 18. The van der Waals surface area contributed by atoms with Crippen LogP contribution in [0.2, 0.25) is 0 Å². The van der Waals surface area contributed by atoms with Gasteiger partial charge in [0.25, 0.3) is 0 Å². The lowest BCUT2D eigenvalue weighted by molar-refractivity contribution is 0.194. The molecule has 0 aromatic heterocycles. The molecule has 652 valence electrons. The number of hydrogen-bond acceptors (Lipinski definition) is 4. The SMILES string of the molecule is CC12CCCCC1(C)N(c1ccccc1)c1ccc(-c3ccc(-c4ccc5ccc6c(-c7ccc(-c8ccc9c(c8)C8(C)CCCCC8(C)N9c8ccccc8)cc7)ccc7ccc4c5c76)cc3)cc12.Cc1cc(-c2ccc3ccc4c(-c5cc(C)c6c(c5C)C5(C)CCCCC5(C)N6c5ccccc5)ccc5ccc2c3c54)c(C)c2c1N(c1ccccc1)C1(C)CCCCC21C. The van der Waals surface area contributed by atoms with E-state index in [4.69, 9.17) is 0 Å². The van der Waals surface area contributed by atoms with Crippen molar-refractivity contribution in [2.24, 2.45) is 0 Å². The van der Waals surface area contributed by atoms with Crippen LogP contribution in [-0.4, -0.2) is 22.2 Å². The van der Waals surface area contributed by atoms with Gasteiger partial charge in [-0.15, -0.1) is 0 Å². The van der Waals surface area contributed by atoms with Crippen molar-refractivity contribution < 1.29 is 0 Å². The van der Waals surface area contributed by atoms with Crippen molar-refractivity contribution in [1.29, 1.82) is 0 Å². The van der Waals surface area contributed by atoms with Crippen LogP contribution < -0.4 is 19.6 Å². The van der Waals surface area contributed by atoms with Crippen molar-refractivity contribution in [3.8, 4) is 66.8 Å². The van der Waals surface area contributed by atoms with Gasteiger partial charge in [-0.05, 0) is 368 Å². The minimum absolute atomic E-state index is 0.0169. The van der Waals surface area contributed by atoms with E-state index >= 15 is 0 Å². The largest absolute Gasteiger partial charge is 0.334 e. The van der Waals surface area contributed by atoms with Gasteiger partial charge in [-0.25, -0.2) is 0 Å². The van der Waals surface area contributed by atoms with Gasteiger partial charge in [0.15, 0.2) is 0 Å². The summed E-state index contributed by atoms with van der Waals surface area (Å²) in [6.45, 7) is 30.0. The predicted octanol–water partition coefficient (Wildman–Crippen LogP) is 35.4. The van der Waals surface area contributed by atoms with Crippen LogP contribution >= 0.6 is 0 Å². The highest BCUT2D eigenvalue weighted by Crippen LogP contribution is 2.68. The topological polar surface area (TPSA) is 13.0 Å². The molecule has 0 amide bonds. The summed E-state index contributed by atoms with van der Waals surface area (Å²) in [7, 11) is 0. The highest BCUT2D eigenvalue weighted by atomic mass is 15.3. The molecule has 4 heteroatoms. The quantitative estimate of drug-likeness (QED) is 0.127. The molecular weight excluding hydrogens is 1590 g/mol. The maximum Gasteiger partial charge on any atom is 0.0518 e. The molecule has 4 aliphatic carbocycles. The van der Waals surface area contributed by atoms with E-state index in [0.29, 0.717) is 0 Å². The summed E-state index contributed by atoms with van der Waals surface area (Å²) in [5.41, 5.74) is 38.8. The number of anilines is 8. The van der Waals surface area contributed by atoms with E-state index in [0.717, 1.165) is 0 Å². The van der Waals surface area contributed by atoms with Crippen LogP contribution in [-0.2, 0) is 21.7 Å². The summed E-state index contributed by atoms with van der Waals surface area (Å²) in [5, 5.41) is 16.1. The first kappa shape index (κ1) is 81.2. The third-order valence-electron chi connectivity index (χ3n) is 36.8. The minimum Gasteiger partial charge on any atom is -0.334 e. The van der Waals surface area contributed by atoms with E-state index in [1.54, 1.807) is 11.1 Å². The third kappa shape index (κ3) is 11.1. The molecule has 0 saturated heterocycles. The van der Waals surface area contributed by atoms with Crippen LogP contribution in [0.1, 0.15) is 203 Å². The fraction of sp³-hybridized carbons (Fsp3) is 0.281. The molecule has 0 radical (unpaired) electrons. The Morgan fingerprint density at radius 2 is 0.470 bits per heavy atom. The van der Waals surface area contributed by atoms with Crippen molar-refractivity contribution in [3.63, 3.8) is 0 Å². The van der Waals surface area contributed by atoms with E-state index in [2.05, 4.69) is 418 Å². The average molecular weight is 1710 g/mol. The Hall–Kier alpha value is -12.8. The molecule has 132 heavy (non-hydrogen) atoms. The zero-order chi connectivity index (χ0) is 89.5. The Labute approximate surface area is 780 Å². The standard InChI is InChI=1S/C68H60N2.C60H60N2/c1-65-39-11-13-41-67(65,3)69(53-15-7-5-8-16-53)61-37-31-51(43-59(61)65)45-19-23-47(24-20-45)55-33-27-49-30-36-58-56(34-28-50-29-35-57(55)63(49)64(50)58)48-25-21-46(22-26-48)52-32-38-62-60(44-52)66(2)40-12-14-42-68(66,4)70(62)54-17-9-6-10-18-54;1-37-35-49(39(3)53-55(37)61(43-19-11-9-12-20-43)59(7)33-17-15-31-57(53,59)5)45-27-23-41-26-30-48-46(28-24-42-25-29-47(45)51(41)52(42)48)50-36-38(2)56-54(40(50)4)58(6)32-16-18-34-60(58,8)62(56)44-21-13-10-14-22-44/h5-10,15-38,43-44H,11-14,39-42H2,1-4H3;9-14,19-30,35-36H,15-18,31-34H2,1-8H3. The first-order valence-corrected chi connectivity index (χ1v) is 49.7. The summed E-state index contributed by atoms with van der Waals surface area (Å²) >= 11 is 0. The van der Waals surface area contributed by atoms with Gasteiger partial charge in [0.05, 0.1) is 22.2 Å². The summed E-state index contributed by atoms with van der Waals surface area (Å²) < 4.78 is 0. The summed E-state index contributed by atoms with van der Waals surface area (Å²) in [5.74, 6) is 0. The average Bonchev–Trinajstić information content (AvgIpc) is 1.50. The minimum atomic E-state index is 0.0169. The number of para-hydroxylation sites is 4. The Balaban J connectivity index is 0.000000143. The highest BCUT2D eigenvalue weighted by Gasteiger charge is 2.63. The lowest BCUT2D eigenvalue weighted by atomic mass is 9.60. The number of nitrogens with zero attached hydrogens (tertiary/aromatic N) is 4. The molecule has 0 bridgehead atoms. The van der Waals surface area contributed by atoms with E-state index in [1.807, 2.05) is 0 Å². The Kier molecular flexibility index (Phi) is 18.1. The second kappa shape index (κ2) is 29.4. The van der Waals surface area contributed by atoms with Crippen LogP contribution in [0.4, 0.5) is 45.5 Å². The van der Waals surface area contributed by atoms with Gasteiger partial charge in [0.1, 0.15) is 0 Å². The molecule has 4 saturated carbocycles. The highest BCUT2D eigenvalue weighted by molar-refractivity contribution is 6.29. The van der Waals surface area contributed by atoms with Gasteiger partial charge in [-0.3, -0.25) is 0 Å². The second-order valence-corrected chi connectivity index (χ2v) is 43.0. The number of aryl methyl sites for hydroxylation is 2. The zero-order valence-electron chi connectivity index (χ0n) is 79.1. The van der Waals surface area contributed by atoms with E-state index in [-0.39, 0.29) is 43.8 Å². The van der Waals surface area contributed by atoms with Crippen molar-refractivity contribution >= 4 is 110 Å². The number of hydrogen-bond donors (Lipinski definition) is 0. The Morgan fingerprint density at radius 3 is 0.795 bits per heavy atom. The molecule has 4 fully saturated rings. The van der Waals surface area contributed by atoms with Crippen molar-refractivity contribution in [3.05, 3.63) is 360 Å². The van der Waals surface area contributed by atoms with Crippen molar-refractivity contribution in [2.45, 2.75) is 230 Å². The van der Waals surface area contributed by atoms with Gasteiger partial charge in [-0.2, -0.15) is 0 Å². The normalized spacial score (nSPS) is 24.5. The molecule has 8 unspecified atom stereocenters. The van der Waals surface area contributed by atoms with Crippen molar-refractivity contribution in [2.75, 3.05) is 19.6 Å². The smallest absolute Gasteiger partial charge is 0.0518 e. The van der Waals surface area contributed by atoms with Gasteiger partial charge in [0.2, 0.25) is 0 Å². The number of rotatable bonds is 10. The molecule has 26 rings (SSSR count). The first-order valence-electron chi connectivity index (χ1n) is 49.7. The van der Waals surface area contributed by atoms with Crippen molar-refractivity contribution in [1.82, 2.24) is 0 Å². The van der Waals surface area contributed by atoms with Gasteiger partial charge in [-0.1, -0.05) is 310 Å². The maximum atomic E-state index is 2.75.